The van der Waals surface area contributed by atoms with Crippen LogP contribution in [-0.2, 0) is 0 Å². The first-order valence-electron chi connectivity index (χ1n) is 9.18. The van der Waals surface area contributed by atoms with E-state index in [2.05, 4.69) is 20.4 Å². The van der Waals surface area contributed by atoms with Crippen LogP contribution in [0.4, 0.5) is 15.9 Å². The van der Waals surface area contributed by atoms with Crippen molar-refractivity contribution in [2.75, 3.05) is 11.1 Å². The molecule has 0 radical (unpaired) electrons. The second-order valence-electron chi connectivity index (χ2n) is 7.18. The van der Waals surface area contributed by atoms with E-state index < -0.39 is 5.82 Å². The monoisotopic (exact) mass is 380 g/mol. The largest absolute Gasteiger partial charge is 0.383 e. The van der Waals surface area contributed by atoms with Crippen LogP contribution in [0.2, 0.25) is 0 Å². The van der Waals surface area contributed by atoms with Crippen LogP contribution in [0.5, 0.6) is 0 Å². The fourth-order valence-electron chi connectivity index (χ4n) is 3.16. The Balaban J connectivity index is 1.88. The zero-order chi connectivity index (χ0) is 19.8. The quantitative estimate of drug-likeness (QED) is 0.558. The van der Waals surface area contributed by atoms with E-state index in [0.29, 0.717) is 17.0 Å². The number of nitrogens with two attached hydrogens (primary N) is 1. The number of hydrogen-bond donors (Lipinski definition) is 3. The first-order chi connectivity index (χ1) is 13.5. The number of halogens is 1. The third-order valence-electron chi connectivity index (χ3n) is 4.57. The van der Waals surface area contributed by atoms with Crippen molar-refractivity contribution in [1.29, 1.82) is 5.41 Å². The van der Waals surface area contributed by atoms with E-state index in [9.17, 15) is 4.39 Å². The van der Waals surface area contributed by atoms with Crippen molar-refractivity contribution >= 4 is 17.2 Å². The molecule has 0 unspecified atom stereocenters. The van der Waals surface area contributed by atoms with E-state index in [-0.39, 0.29) is 40.4 Å². The maximum absolute atomic E-state index is 14.5. The van der Waals surface area contributed by atoms with Gasteiger partial charge in [-0.25, -0.2) is 9.37 Å². The van der Waals surface area contributed by atoms with Crippen LogP contribution < -0.4 is 11.1 Å². The third kappa shape index (κ3) is 3.21. The molecule has 1 fully saturated rings. The van der Waals surface area contributed by atoms with Gasteiger partial charge in [0.15, 0.2) is 5.82 Å². The summed E-state index contributed by atoms with van der Waals surface area (Å²) in [6, 6.07) is 5.47. The summed E-state index contributed by atoms with van der Waals surface area (Å²) in [5, 5.41) is 16.0. The Morgan fingerprint density at radius 1 is 1.32 bits per heavy atom. The molecule has 4 N–H and O–H groups in total. The molecule has 0 aliphatic heterocycles. The number of rotatable bonds is 6. The molecule has 0 atom stereocenters. The minimum Gasteiger partial charge on any atom is -0.383 e. The highest BCUT2D eigenvalue weighted by atomic mass is 19.1. The van der Waals surface area contributed by atoms with Crippen molar-refractivity contribution in [2.45, 2.75) is 38.6 Å². The lowest BCUT2D eigenvalue weighted by Gasteiger charge is -2.17. The van der Waals surface area contributed by atoms with Crippen LogP contribution in [0, 0.1) is 11.2 Å². The molecule has 7 nitrogen and oxygen atoms in total. The molecular weight excluding hydrogens is 359 g/mol. The SMILES string of the molecule is CC(C)Nc1c(F)cnc(N)c1C(=N)c1noc(C2CC2)c1-c1ccccn1. The van der Waals surface area contributed by atoms with Crippen molar-refractivity contribution in [3.05, 3.63) is 53.4 Å². The summed E-state index contributed by atoms with van der Waals surface area (Å²) in [5.41, 5.74) is 7.89. The van der Waals surface area contributed by atoms with Gasteiger partial charge in [0.1, 0.15) is 17.3 Å². The lowest BCUT2D eigenvalue weighted by Crippen LogP contribution is -2.18. The summed E-state index contributed by atoms with van der Waals surface area (Å²) < 4.78 is 20.1. The Kier molecular flexibility index (Phi) is 4.54. The molecule has 0 spiro atoms. The highest BCUT2D eigenvalue weighted by Gasteiger charge is 2.35. The van der Waals surface area contributed by atoms with E-state index in [1.54, 1.807) is 6.20 Å². The van der Waals surface area contributed by atoms with Gasteiger partial charge >= 0.3 is 0 Å². The molecule has 1 saturated carbocycles. The number of nitrogen functional groups attached to an aromatic ring is 1. The molecule has 8 heteroatoms. The Hall–Kier alpha value is -3.29. The number of anilines is 2. The van der Waals surface area contributed by atoms with E-state index in [1.807, 2.05) is 32.0 Å². The molecule has 144 valence electrons. The van der Waals surface area contributed by atoms with Gasteiger partial charge in [-0.2, -0.15) is 0 Å². The second kappa shape index (κ2) is 7.03. The number of nitrogens with one attached hydrogen (secondary N) is 2. The molecule has 1 aliphatic carbocycles. The first-order valence-corrected chi connectivity index (χ1v) is 9.18. The second-order valence-corrected chi connectivity index (χ2v) is 7.18. The van der Waals surface area contributed by atoms with Crippen molar-refractivity contribution in [2.24, 2.45) is 0 Å². The van der Waals surface area contributed by atoms with Gasteiger partial charge in [-0.05, 0) is 38.8 Å². The normalized spacial score (nSPS) is 13.7. The maximum atomic E-state index is 14.5. The fraction of sp³-hybridized carbons (Fsp3) is 0.300. The Bertz CT molecular complexity index is 1030. The van der Waals surface area contributed by atoms with Crippen molar-refractivity contribution in [1.82, 2.24) is 15.1 Å². The average molecular weight is 380 g/mol. The summed E-state index contributed by atoms with van der Waals surface area (Å²) in [4.78, 5) is 8.30. The van der Waals surface area contributed by atoms with Crippen LogP contribution in [0.15, 0.2) is 35.1 Å². The summed E-state index contributed by atoms with van der Waals surface area (Å²) in [5.74, 6) is 0.451. The minimum absolute atomic E-state index is 0.0519. The third-order valence-corrected chi connectivity index (χ3v) is 4.57. The maximum Gasteiger partial charge on any atom is 0.165 e. The number of aromatic nitrogens is 3. The van der Waals surface area contributed by atoms with Crippen molar-refractivity contribution in [3.8, 4) is 11.3 Å². The molecule has 3 aromatic heterocycles. The topological polar surface area (TPSA) is 114 Å². The van der Waals surface area contributed by atoms with E-state index >= 15 is 0 Å². The molecule has 28 heavy (non-hydrogen) atoms. The van der Waals surface area contributed by atoms with Crippen molar-refractivity contribution in [3.63, 3.8) is 0 Å². The summed E-state index contributed by atoms with van der Waals surface area (Å²) in [6.07, 6.45) is 4.74. The van der Waals surface area contributed by atoms with E-state index in [4.69, 9.17) is 15.7 Å². The predicted molar refractivity (Wildman–Crippen MR) is 105 cm³/mol. The molecule has 3 aromatic rings. The predicted octanol–water partition coefficient (Wildman–Crippen LogP) is 3.97. The summed E-state index contributed by atoms with van der Waals surface area (Å²) in [6.45, 7) is 3.76. The van der Waals surface area contributed by atoms with Crippen LogP contribution in [0.25, 0.3) is 11.3 Å². The van der Waals surface area contributed by atoms with Gasteiger partial charge in [0.05, 0.1) is 34.4 Å². The average Bonchev–Trinajstić information content (AvgIpc) is 3.43. The molecule has 0 amide bonds. The van der Waals surface area contributed by atoms with Gasteiger partial charge in [0, 0.05) is 18.2 Å². The number of hydrogen-bond acceptors (Lipinski definition) is 7. The highest BCUT2D eigenvalue weighted by molar-refractivity contribution is 6.18. The Morgan fingerprint density at radius 3 is 2.75 bits per heavy atom. The zero-order valence-corrected chi connectivity index (χ0v) is 15.7. The zero-order valence-electron chi connectivity index (χ0n) is 15.7. The smallest absolute Gasteiger partial charge is 0.165 e. The van der Waals surface area contributed by atoms with Gasteiger partial charge in [-0.1, -0.05) is 11.2 Å². The van der Waals surface area contributed by atoms with E-state index in [0.717, 1.165) is 19.0 Å². The number of pyridine rings is 2. The van der Waals surface area contributed by atoms with Gasteiger partial charge < -0.3 is 15.6 Å². The summed E-state index contributed by atoms with van der Waals surface area (Å²) >= 11 is 0. The molecule has 1 aliphatic rings. The summed E-state index contributed by atoms with van der Waals surface area (Å²) in [7, 11) is 0. The molecule has 0 bridgehead atoms. The highest BCUT2D eigenvalue weighted by Crippen LogP contribution is 2.46. The number of nitrogens with zero attached hydrogens (tertiary/aromatic N) is 3. The molecule has 3 heterocycles. The first kappa shape index (κ1) is 18.1. The van der Waals surface area contributed by atoms with Gasteiger partial charge in [0.25, 0.3) is 0 Å². The van der Waals surface area contributed by atoms with Crippen LogP contribution in [0.1, 0.15) is 49.6 Å². The van der Waals surface area contributed by atoms with Crippen LogP contribution in [0.3, 0.4) is 0 Å². The standard InChI is InChI=1S/C20H21FN6O/c1-10(2)26-17-12(21)9-25-20(23)15(17)16(22)18-14(13-5-3-4-8-24-13)19(28-27-18)11-6-7-11/h3-5,8-11,22H,6-7H2,1-2H3,(H3,23,25,26). The lowest BCUT2D eigenvalue weighted by atomic mass is 9.98. The Morgan fingerprint density at radius 2 is 2.11 bits per heavy atom. The molecule has 0 saturated heterocycles. The molecule has 4 rings (SSSR count). The van der Waals surface area contributed by atoms with Crippen molar-refractivity contribution < 1.29 is 8.91 Å². The Labute approximate surface area is 161 Å². The van der Waals surface area contributed by atoms with Crippen LogP contribution in [-0.4, -0.2) is 26.9 Å². The van der Waals surface area contributed by atoms with Crippen LogP contribution >= 0.6 is 0 Å². The van der Waals surface area contributed by atoms with Gasteiger partial charge in [-0.15, -0.1) is 0 Å². The lowest BCUT2D eigenvalue weighted by molar-refractivity contribution is 0.384. The van der Waals surface area contributed by atoms with Gasteiger partial charge in [0.2, 0.25) is 0 Å². The molecular formula is C20H21FN6O. The van der Waals surface area contributed by atoms with Gasteiger partial charge in [-0.3, -0.25) is 10.4 Å². The minimum atomic E-state index is -0.576. The van der Waals surface area contributed by atoms with E-state index in [1.165, 1.54) is 0 Å². The molecule has 0 aromatic carbocycles. The fourth-order valence-corrected chi connectivity index (χ4v) is 3.16.